The molecule has 0 aliphatic heterocycles. The summed E-state index contributed by atoms with van der Waals surface area (Å²) in [6.45, 7) is 0. The summed E-state index contributed by atoms with van der Waals surface area (Å²) in [6.07, 6.45) is -0.875. The van der Waals surface area contributed by atoms with E-state index in [1.807, 2.05) is 0 Å². The number of non-ortho nitro benzene ring substituents is 2. The van der Waals surface area contributed by atoms with Gasteiger partial charge in [0.05, 0.1) is 28.7 Å². The van der Waals surface area contributed by atoms with Crippen molar-refractivity contribution in [1.82, 2.24) is 0 Å². The zero-order chi connectivity index (χ0) is 13.0. The first kappa shape index (κ1) is 12.4. The first-order valence-electron chi connectivity index (χ1n) is 4.23. The first-order chi connectivity index (χ1) is 7.93. The lowest BCUT2D eigenvalue weighted by molar-refractivity contribution is -0.394. The Balaban J connectivity index is 3.16. The summed E-state index contributed by atoms with van der Waals surface area (Å²) in [5, 5.41) is 23.2. The number of anilines is 1. The third-order valence-electron chi connectivity index (χ3n) is 1.76. The van der Waals surface area contributed by atoms with E-state index in [9.17, 15) is 25.0 Å². The van der Waals surface area contributed by atoms with Crippen LogP contribution >= 0.6 is 0 Å². The van der Waals surface area contributed by atoms with Crippen LogP contribution in [0.4, 0.5) is 21.9 Å². The van der Waals surface area contributed by atoms with Crippen molar-refractivity contribution in [2.24, 2.45) is 0 Å². The highest BCUT2D eigenvalue weighted by molar-refractivity contribution is 5.85. The number of nitro benzene ring substituents is 2. The number of hydrogen-bond donors (Lipinski definition) is 1. The zero-order valence-corrected chi connectivity index (χ0v) is 8.58. The topological polar surface area (TPSA) is 125 Å². The van der Waals surface area contributed by atoms with Gasteiger partial charge in [0.25, 0.3) is 11.4 Å². The maximum Gasteiger partial charge on any atom is 0.411 e. The summed E-state index contributed by atoms with van der Waals surface area (Å²) in [4.78, 5) is 30.3. The molecule has 1 aromatic rings. The number of benzene rings is 1. The van der Waals surface area contributed by atoms with Crippen LogP contribution in [0.15, 0.2) is 18.2 Å². The van der Waals surface area contributed by atoms with Gasteiger partial charge in [0.2, 0.25) is 0 Å². The Morgan fingerprint density at radius 1 is 1.18 bits per heavy atom. The average molecular weight is 241 g/mol. The summed E-state index contributed by atoms with van der Waals surface area (Å²) in [7, 11) is 1.10. The molecule has 0 saturated carbocycles. The van der Waals surface area contributed by atoms with Crippen molar-refractivity contribution in [3.05, 3.63) is 38.4 Å². The predicted molar refractivity (Wildman–Crippen MR) is 55.8 cm³/mol. The number of methoxy groups -OCH3 is 1. The molecule has 1 aromatic carbocycles. The number of rotatable bonds is 3. The number of nitrogens with zero attached hydrogens (tertiary/aromatic N) is 2. The molecule has 9 nitrogen and oxygen atoms in total. The predicted octanol–water partition coefficient (Wildman–Crippen LogP) is 1.68. The van der Waals surface area contributed by atoms with Crippen molar-refractivity contribution in [3.8, 4) is 0 Å². The zero-order valence-electron chi connectivity index (χ0n) is 8.58. The number of nitro groups is 2. The molecule has 0 bridgehead atoms. The quantitative estimate of drug-likeness (QED) is 0.633. The van der Waals surface area contributed by atoms with Gasteiger partial charge in [-0.1, -0.05) is 0 Å². The lowest BCUT2D eigenvalue weighted by Crippen LogP contribution is -2.11. The van der Waals surface area contributed by atoms with Gasteiger partial charge >= 0.3 is 6.09 Å². The molecule has 9 heteroatoms. The Hall–Kier alpha value is -2.71. The molecule has 0 aliphatic carbocycles. The molecule has 1 amide bonds. The fourth-order valence-corrected chi connectivity index (χ4v) is 1.05. The summed E-state index contributed by atoms with van der Waals surface area (Å²) in [5.74, 6) is 0. The van der Waals surface area contributed by atoms with Crippen LogP contribution in [0.5, 0.6) is 0 Å². The third-order valence-corrected chi connectivity index (χ3v) is 1.76. The number of carbonyl (C=O) groups excluding carboxylic acids is 1. The van der Waals surface area contributed by atoms with E-state index in [1.165, 1.54) is 0 Å². The van der Waals surface area contributed by atoms with Gasteiger partial charge in [-0.05, 0) is 0 Å². The van der Waals surface area contributed by atoms with Crippen molar-refractivity contribution < 1.29 is 19.4 Å². The van der Waals surface area contributed by atoms with E-state index in [4.69, 9.17) is 0 Å². The van der Waals surface area contributed by atoms with E-state index in [1.54, 1.807) is 0 Å². The van der Waals surface area contributed by atoms with Crippen LogP contribution in [0, 0.1) is 20.2 Å². The molecule has 0 saturated heterocycles. The summed E-state index contributed by atoms with van der Waals surface area (Å²) < 4.78 is 4.27. The smallest absolute Gasteiger partial charge is 0.411 e. The van der Waals surface area contributed by atoms with Crippen LogP contribution in [-0.2, 0) is 4.74 Å². The van der Waals surface area contributed by atoms with Crippen molar-refractivity contribution in [2.45, 2.75) is 0 Å². The van der Waals surface area contributed by atoms with Crippen LogP contribution in [0.25, 0.3) is 0 Å². The normalized spacial score (nSPS) is 9.47. The van der Waals surface area contributed by atoms with Gasteiger partial charge in [-0.15, -0.1) is 0 Å². The molecular formula is C8H7N3O6. The number of amides is 1. The Bertz CT molecular complexity index is 454. The van der Waals surface area contributed by atoms with E-state index in [-0.39, 0.29) is 5.69 Å². The number of nitrogens with one attached hydrogen (secondary N) is 1. The number of ether oxygens (including phenoxy) is 1. The molecule has 0 radical (unpaired) electrons. The van der Waals surface area contributed by atoms with Gasteiger partial charge in [-0.2, -0.15) is 0 Å². The van der Waals surface area contributed by atoms with E-state index in [0.29, 0.717) is 0 Å². The largest absolute Gasteiger partial charge is 0.453 e. The van der Waals surface area contributed by atoms with Gasteiger partial charge in [0.15, 0.2) is 0 Å². The Labute approximate surface area is 94.3 Å². The van der Waals surface area contributed by atoms with Gasteiger partial charge in [-0.25, -0.2) is 4.79 Å². The molecule has 0 unspecified atom stereocenters. The SMILES string of the molecule is COC(=O)Nc1cc([N+](=O)[O-])cc([N+](=O)[O-])c1. The minimum Gasteiger partial charge on any atom is -0.453 e. The van der Waals surface area contributed by atoms with Crippen molar-refractivity contribution >= 4 is 23.2 Å². The molecule has 0 heterocycles. The Kier molecular flexibility index (Phi) is 3.55. The minimum atomic E-state index is -0.875. The Morgan fingerprint density at radius 2 is 1.65 bits per heavy atom. The highest BCUT2D eigenvalue weighted by Gasteiger charge is 2.17. The van der Waals surface area contributed by atoms with Crippen LogP contribution in [-0.4, -0.2) is 23.0 Å². The Morgan fingerprint density at radius 3 is 2.00 bits per heavy atom. The van der Waals surface area contributed by atoms with Gasteiger partial charge in [-0.3, -0.25) is 25.5 Å². The molecule has 0 fully saturated rings. The van der Waals surface area contributed by atoms with E-state index in [0.717, 1.165) is 25.3 Å². The molecule has 1 rings (SSSR count). The number of carbonyl (C=O) groups is 1. The third kappa shape index (κ3) is 3.12. The second-order valence-electron chi connectivity index (χ2n) is 2.87. The van der Waals surface area contributed by atoms with Crippen molar-refractivity contribution in [2.75, 3.05) is 12.4 Å². The highest BCUT2D eigenvalue weighted by atomic mass is 16.6. The van der Waals surface area contributed by atoms with Crippen molar-refractivity contribution in [1.29, 1.82) is 0 Å². The molecule has 0 atom stereocenters. The van der Waals surface area contributed by atoms with E-state index < -0.39 is 27.3 Å². The number of hydrogen-bond acceptors (Lipinski definition) is 6. The van der Waals surface area contributed by atoms with Crippen molar-refractivity contribution in [3.63, 3.8) is 0 Å². The molecule has 17 heavy (non-hydrogen) atoms. The van der Waals surface area contributed by atoms with Crippen LogP contribution in [0.3, 0.4) is 0 Å². The monoisotopic (exact) mass is 241 g/mol. The van der Waals surface area contributed by atoms with Crippen LogP contribution in [0.1, 0.15) is 0 Å². The molecule has 0 spiro atoms. The second-order valence-corrected chi connectivity index (χ2v) is 2.87. The van der Waals surface area contributed by atoms with Gasteiger partial charge in [0, 0.05) is 12.1 Å². The fourth-order valence-electron chi connectivity index (χ4n) is 1.05. The summed E-state index contributed by atoms with van der Waals surface area (Å²) in [5.41, 5.74) is -1.08. The average Bonchev–Trinajstić information content (AvgIpc) is 2.28. The van der Waals surface area contributed by atoms with Crippen LogP contribution in [0.2, 0.25) is 0 Å². The second kappa shape index (κ2) is 4.88. The first-order valence-corrected chi connectivity index (χ1v) is 4.23. The van der Waals surface area contributed by atoms with E-state index >= 15 is 0 Å². The summed E-state index contributed by atoms with van der Waals surface area (Å²) in [6, 6.07) is 2.77. The maximum absolute atomic E-state index is 10.9. The van der Waals surface area contributed by atoms with Gasteiger partial charge < -0.3 is 4.74 Å². The molecule has 1 N–H and O–H groups in total. The van der Waals surface area contributed by atoms with E-state index in [2.05, 4.69) is 10.1 Å². The lowest BCUT2D eigenvalue weighted by atomic mass is 10.2. The van der Waals surface area contributed by atoms with Crippen LogP contribution < -0.4 is 5.32 Å². The maximum atomic E-state index is 10.9. The molecule has 0 aliphatic rings. The molecule has 0 aromatic heterocycles. The highest BCUT2D eigenvalue weighted by Crippen LogP contribution is 2.25. The standard InChI is InChI=1S/C8H7N3O6/c1-17-8(12)9-5-2-6(10(13)14)4-7(3-5)11(15)16/h2-4H,1H3,(H,9,12). The fraction of sp³-hybridized carbons (Fsp3) is 0.125. The minimum absolute atomic E-state index is 0.0854. The summed E-state index contributed by atoms with van der Waals surface area (Å²) >= 11 is 0. The van der Waals surface area contributed by atoms with Gasteiger partial charge in [0.1, 0.15) is 0 Å². The molecule has 90 valence electrons. The lowest BCUT2D eigenvalue weighted by Gasteiger charge is -2.03. The molecular weight excluding hydrogens is 234 g/mol.